The van der Waals surface area contributed by atoms with E-state index in [1.807, 2.05) is 12.1 Å². The Bertz CT molecular complexity index is 945. The molecule has 4 rings (SSSR count). The largest absolute Gasteiger partial charge is 0.369 e. The number of nitrogens with one attached hydrogen (secondary N) is 1. The molecule has 5 nitrogen and oxygen atoms in total. The maximum absolute atomic E-state index is 5.39. The van der Waals surface area contributed by atoms with Crippen molar-refractivity contribution in [2.24, 2.45) is 0 Å². The fourth-order valence-corrected chi connectivity index (χ4v) is 3.29. The third-order valence-electron chi connectivity index (χ3n) is 3.88. The molecule has 0 aliphatic rings. The number of thiophene rings is 1. The number of aryl methyl sites for hydroxylation is 1. The highest BCUT2D eigenvalue weighted by Gasteiger charge is 2.16. The lowest BCUT2D eigenvalue weighted by Crippen LogP contribution is -2.06. The minimum absolute atomic E-state index is 0.499. The van der Waals surface area contributed by atoms with Crippen molar-refractivity contribution in [1.82, 2.24) is 15.1 Å². The van der Waals surface area contributed by atoms with Gasteiger partial charge in [-0.2, -0.15) is 16.3 Å². The van der Waals surface area contributed by atoms with Crippen LogP contribution in [0.4, 0.5) is 5.82 Å². The van der Waals surface area contributed by atoms with Crippen LogP contribution in [0.15, 0.2) is 51.9 Å². The van der Waals surface area contributed by atoms with Gasteiger partial charge in [-0.05, 0) is 35.7 Å². The van der Waals surface area contributed by atoms with Crippen molar-refractivity contribution in [3.63, 3.8) is 0 Å². The molecule has 1 aromatic carbocycles. The summed E-state index contributed by atoms with van der Waals surface area (Å²) in [5.74, 6) is 0.757. The van der Waals surface area contributed by atoms with Crippen molar-refractivity contribution in [3.05, 3.63) is 58.5 Å². The van der Waals surface area contributed by atoms with Gasteiger partial charge in [-0.1, -0.05) is 35.0 Å². The number of anilines is 1. The lowest BCUT2D eigenvalue weighted by molar-refractivity contribution is 0.451. The molecule has 3 heterocycles. The molecule has 0 bridgehead atoms. The third-order valence-corrected chi connectivity index (χ3v) is 4.62. The molecule has 0 aliphatic heterocycles. The zero-order chi connectivity index (χ0) is 16.4. The Morgan fingerprint density at radius 1 is 1.12 bits per heavy atom. The summed E-state index contributed by atoms with van der Waals surface area (Å²) in [4.78, 5) is 8.57. The van der Waals surface area contributed by atoms with Crippen LogP contribution in [0, 0.1) is 6.92 Å². The lowest BCUT2D eigenvalue weighted by Gasteiger charge is -2.06. The number of nitrogens with zero attached hydrogens (tertiary/aromatic N) is 3. The molecule has 0 fully saturated rings. The first-order chi connectivity index (χ1) is 11.8. The van der Waals surface area contributed by atoms with Gasteiger partial charge in [-0.3, -0.25) is 0 Å². The van der Waals surface area contributed by atoms with E-state index in [2.05, 4.69) is 56.3 Å². The summed E-state index contributed by atoms with van der Waals surface area (Å²) in [6, 6.07) is 10.3. The van der Waals surface area contributed by atoms with E-state index in [-0.39, 0.29) is 0 Å². The molecule has 1 N–H and O–H groups in total. The van der Waals surface area contributed by atoms with E-state index in [0.717, 1.165) is 35.4 Å². The predicted octanol–water partition coefficient (Wildman–Crippen LogP) is 4.31. The van der Waals surface area contributed by atoms with Gasteiger partial charge >= 0.3 is 0 Å². The number of benzene rings is 1. The van der Waals surface area contributed by atoms with Gasteiger partial charge < -0.3 is 9.84 Å². The molecule has 3 aromatic heterocycles. The Morgan fingerprint density at radius 2 is 2.00 bits per heavy atom. The summed E-state index contributed by atoms with van der Waals surface area (Å²) in [6.45, 7) is 2.85. The number of hydrogen-bond donors (Lipinski definition) is 1. The van der Waals surface area contributed by atoms with Crippen LogP contribution in [0.1, 0.15) is 11.1 Å². The molecule has 6 heteroatoms. The monoisotopic (exact) mass is 336 g/mol. The van der Waals surface area contributed by atoms with Gasteiger partial charge in [0.05, 0.1) is 0 Å². The molecule has 4 aromatic rings. The first-order valence-corrected chi connectivity index (χ1v) is 8.68. The van der Waals surface area contributed by atoms with Gasteiger partial charge in [0.1, 0.15) is 23.2 Å². The van der Waals surface area contributed by atoms with E-state index in [0.29, 0.717) is 5.71 Å². The van der Waals surface area contributed by atoms with Crippen LogP contribution in [0.2, 0.25) is 0 Å². The SMILES string of the molecule is Cc1ccc(-c2noc3ncnc(NCCc4ccsc4)c23)cc1. The highest BCUT2D eigenvalue weighted by atomic mass is 32.1. The second kappa shape index (κ2) is 6.41. The summed E-state index contributed by atoms with van der Waals surface area (Å²) in [5, 5.41) is 12.7. The van der Waals surface area contributed by atoms with Crippen molar-refractivity contribution in [1.29, 1.82) is 0 Å². The topological polar surface area (TPSA) is 63.8 Å². The molecule has 24 heavy (non-hydrogen) atoms. The van der Waals surface area contributed by atoms with Gasteiger partial charge in [-0.25, -0.2) is 4.98 Å². The first-order valence-electron chi connectivity index (χ1n) is 7.73. The van der Waals surface area contributed by atoms with E-state index >= 15 is 0 Å². The standard InChI is InChI=1S/C18H16N4OS/c1-12-2-4-14(5-3-12)16-15-17(20-11-21-18(15)23-22-16)19-8-6-13-7-9-24-10-13/h2-5,7,9-11H,6,8H2,1H3,(H,19,20,21). The van der Waals surface area contributed by atoms with E-state index in [1.54, 1.807) is 11.3 Å². The van der Waals surface area contributed by atoms with E-state index in [4.69, 9.17) is 4.52 Å². The Balaban J connectivity index is 1.65. The summed E-state index contributed by atoms with van der Waals surface area (Å²) in [6.07, 6.45) is 2.44. The van der Waals surface area contributed by atoms with Gasteiger partial charge in [-0.15, -0.1) is 0 Å². The average molecular weight is 336 g/mol. The van der Waals surface area contributed by atoms with Gasteiger partial charge in [0.2, 0.25) is 0 Å². The maximum atomic E-state index is 5.39. The van der Waals surface area contributed by atoms with Crippen molar-refractivity contribution in [2.75, 3.05) is 11.9 Å². The van der Waals surface area contributed by atoms with Crippen LogP contribution >= 0.6 is 11.3 Å². The van der Waals surface area contributed by atoms with E-state index in [9.17, 15) is 0 Å². The van der Waals surface area contributed by atoms with Crippen molar-refractivity contribution < 1.29 is 4.52 Å². The Labute approximate surface area is 143 Å². The van der Waals surface area contributed by atoms with Gasteiger partial charge in [0, 0.05) is 12.1 Å². The molecule has 0 radical (unpaired) electrons. The molecule has 0 saturated heterocycles. The molecule has 0 unspecified atom stereocenters. The van der Waals surface area contributed by atoms with Gasteiger partial charge in [0.15, 0.2) is 0 Å². The zero-order valence-corrected chi connectivity index (χ0v) is 14.0. The fraction of sp³-hybridized carbons (Fsp3) is 0.167. The smallest absolute Gasteiger partial charge is 0.263 e. The normalized spacial score (nSPS) is 11.0. The van der Waals surface area contributed by atoms with Crippen molar-refractivity contribution in [2.45, 2.75) is 13.3 Å². The summed E-state index contributed by atoms with van der Waals surface area (Å²) in [7, 11) is 0. The molecule has 0 aliphatic carbocycles. The van der Waals surface area contributed by atoms with Crippen molar-refractivity contribution in [3.8, 4) is 11.3 Å². The quantitative estimate of drug-likeness (QED) is 0.588. The molecular weight excluding hydrogens is 320 g/mol. The van der Waals surface area contributed by atoms with Crippen molar-refractivity contribution >= 4 is 28.3 Å². The molecule has 120 valence electrons. The maximum Gasteiger partial charge on any atom is 0.263 e. The molecule has 0 spiro atoms. The summed E-state index contributed by atoms with van der Waals surface area (Å²) in [5.41, 5.74) is 4.79. The fourth-order valence-electron chi connectivity index (χ4n) is 2.59. The van der Waals surface area contributed by atoms with Crippen LogP contribution in [0.3, 0.4) is 0 Å². The highest BCUT2D eigenvalue weighted by molar-refractivity contribution is 7.07. The second-order valence-electron chi connectivity index (χ2n) is 5.61. The van der Waals surface area contributed by atoms with E-state index in [1.165, 1.54) is 17.5 Å². The predicted molar refractivity (Wildman–Crippen MR) is 96.3 cm³/mol. The average Bonchev–Trinajstić information content (AvgIpc) is 3.25. The Hall–Kier alpha value is -2.73. The van der Waals surface area contributed by atoms with Crippen LogP contribution in [-0.4, -0.2) is 21.7 Å². The molecule has 0 saturated carbocycles. The number of rotatable bonds is 5. The Morgan fingerprint density at radius 3 is 2.79 bits per heavy atom. The molecule has 0 atom stereocenters. The molecule has 0 amide bonds. The first kappa shape index (κ1) is 14.8. The van der Waals surface area contributed by atoms with Gasteiger partial charge in [0.25, 0.3) is 5.71 Å². The highest BCUT2D eigenvalue weighted by Crippen LogP contribution is 2.31. The summed E-state index contributed by atoms with van der Waals surface area (Å²) >= 11 is 1.71. The third kappa shape index (κ3) is 2.88. The minimum Gasteiger partial charge on any atom is -0.369 e. The zero-order valence-electron chi connectivity index (χ0n) is 13.2. The number of hydrogen-bond acceptors (Lipinski definition) is 6. The second-order valence-corrected chi connectivity index (χ2v) is 6.39. The van der Waals surface area contributed by atoms with Crippen LogP contribution in [-0.2, 0) is 6.42 Å². The molecular formula is C18H16N4OS. The Kier molecular flexibility index (Phi) is 3.96. The van der Waals surface area contributed by atoms with Crippen LogP contribution in [0.5, 0.6) is 0 Å². The van der Waals surface area contributed by atoms with Crippen LogP contribution in [0.25, 0.3) is 22.4 Å². The minimum atomic E-state index is 0.499. The number of fused-ring (bicyclic) bond motifs is 1. The lowest BCUT2D eigenvalue weighted by atomic mass is 10.1. The van der Waals surface area contributed by atoms with Crippen LogP contribution < -0.4 is 5.32 Å². The van der Waals surface area contributed by atoms with E-state index < -0.39 is 0 Å². The summed E-state index contributed by atoms with van der Waals surface area (Å²) < 4.78 is 5.39. The number of aromatic nitrogens is 3.